The Morgan fingerprint density at radius 2 is 1.89 bits per heavy atom. The first kappa shape index (κ1) is 17.2. The van der Waals surface area contributed by atoms with Gasteiger partial charge in [-0.05, 0) is 25.2 Å². The summed E-state index contributed by atoms with van der Waals surface area (Å²) in [6, 6.07) is 0. The predicted octanol–water partition coefficient (Wildman–Crippen LogP) is 2.46. The summed E-state index contributed by atoms with van der Waals surface area (Å²) in [7, 11) is 0. The van der Waals surface area contributed by atoms with Crippen molar-refractivity contribution in [1.82, 2.24) is 5.32 Å². The first-order valence-electron chi connectivity index (χ1n) is 6.30. The van der Waals surface area contributed by atoms with Gasteiger partial charge in [-0.2, -0.15) is 13.2 Å². The molecule has 0 aromatic carbocycles. The van der Waals surface area contributed by atoms with Gasteiger partial charge in [-0.1, -0.05) is 13.8 Å². The fourth-order valence-corrected chi connectivity index (χ4v) is 1.69. The maximum atomic E-state index is 11.9. The molecule has 0 rings (SSSR count). The lowest BCUT2D eigenvalue weighted by molar-refractivity contribution is -0.135. The molecule has 3 N–H and O–H groups in total. The van der Waals surface area contributed by atoms with Gasteiger partial charge >= 0.3 is 6.18 Å². The maximum absolute atomic E-state index is 11.9. The minimum atomic E-state index is -4.11. The standard InChI is InChI=1S/C12H23F3N2O/c1-9(2)7-10(8-16)11(18)17-6-4-3-5-12(13,14)15/h9-10H,3-8,16H2,1-2H3,(H,17,18). The SMILES string of the molecule is CC(C)CC(CN)C(=O)NCCCCC(F)(F)F. The fraction of sp³-hybridized carbons (Fsp3) is 0.917. The van der Waals surface area contributed by atoms with E-state index in [0.717, 1.165) is 0 Å². The Labute approximate surface area is 106 Å². The van der Waals surface area contributed by atoms with Gasteiger partial charge in [0.05, 0.1) is 5.92 Å². The average molecular weight is 268 g/mol. The molecule has 18 heavy (non-hydrogen) atoms. The number of hydrogen-bond acceptors (Lipinski definition) is 2. The molecule has 6 heteroatoms. The summed E-state index contributed by atoms with van der Waals surface area (Å²) >= 11 is 0. The molecule has 0 aliphatic rings. The van der Waals surface area contributed by atoms with Crippen LogP contribution in [0.15, 0.2) is 0 Å². The van der Waals surface area contributed by atoms with E-state index in [4.69, 9.17) is 5.73 Å². The molecule has 108 valence electrons. The Morgan fingerprint density at radius 3 is 2.33 bits per heavy atom. The van der Waals surface area contributed by atoms with E-state index in [0.29, 0.717) is 18.8 Å². The summed E-state index contributed by atoms with van der Waals surface area (Å²) in [6.45, 7) is 4.55. The second kappa shape index (κ2) is 8.34. The fourth-order valence-electron chi connectivity index (χ4n) is 1.69. The monoisotopic (exact) mass is 268 g/mol. The summed E-state index contributed by atoms with van der Waals surface area (Å²) in [5.41, 5.74) is 5.50. The van der Waals surface area contributed by atoms with Crippen LogP contribution in [0.25, 0.3) is 0 Å². The molecule has 1 atom stereocenters. The second-order valence-corrected chi connectivity index (χ2v) is 4.93. The molecule has 1 amide bonds. The zero-order valence-corrected chi connectivity index (χ0v) is 11.0. The summed E-state index contributed by atoms with van der Waals surface area (Å²) in [5.74, 6) is -0.0274. The van der Waals surface area contributed by atoms with Crippen molar-refractivity contribution in [2.24, 2.45) is 17.6 Å². The molecule has 0 aliphatic carbocycles. The Balaban J connectivity index is 3.75. The van der Waals surface area contributed by atoms with Gasteiger partial charge < -0.3 is 11.1 Å². The Morgan fingerprint density at radius 1 is 1.28 bits per heavy atom. The lowest BCUT2D eigenvalue weighted by Gasteiger charge is -2.16. The molecule has 0 saturated heterocycles. The first-order chi connectivity index (χ1) is 8.26. The molecule has 0 aromatic rings. The first-order valence-corrected chi connectivity index (χ1v) is 6.30. The largest absolute Gasteiger partial charge is 0.389 e. The third-order valence-electron chi connectivity index (χ3n) is 2.60. The smallest absolute Gasteiger partial charge is 0.356 e. The van der Waals surface area contributed by atoms with Crippen molar-refractivity contribution in [3.63, 3.8) is 0 Å². The van der Waals surface area contributed by atoms with E-state index in [9.17, 15) is 18.0 Å². The van der Waals surface area contributed by atoms with E-state index in [1.165, 1.54) is 0 Å². The van der Waals surface area contributed by atoms with Gasteiger partial charge in [-0.15, -0.1) is 0 Å². The summed E-state index contributed by atoms with van der Waals surface area (Å²) < 4.78 is 35.6. The lowest BCUT2D eigenvalue weighted by atomic mass is 9.96. The highest BCUT2D eigenvalue weighted by molar-refractivity contribution is 5.78. The summed E-state index contributed by atoms with van der Waals surface area (Å²) in [4.78, 5) is 11.7. The Kier molecular flexibility index (Phi) is 7.98. The molecule has 0 radical (unpaired) electrons. The summed E-state index contributed by atoms with van der Waals surface area (Å²) in [6.07, 6.45) is -3.83. The van der Waals surface area contributed by atoms with E-state index in [1.807, 2.05) is 13.8 Å². The van der Waals surface area contributed by atoms with Crippen LogP contribution in [-0.4, -0.2) is 25.2 Å². The number of unbranched alkanes of at least 4 members (excludes halogenated alkanes) is 1. The molecular weight excluding hydrogens is 245 g/mol. The summed E-state index contributed by atoms with van der Waals surface area (Å²) in [5, 5.41) is 2.64. The third-order valence-corrected chi connectivity index (χ3v) is 2.60. The van der Waals surface area contributed by atoms with E-state index in [2.05, 4.69) is 5.32 Å². The minimum absolute atomic E-state index is 0.0429. The van der Waals surface area contributed by atoms with E-state index >= 15 is 0 Å². The number of rotatable bonds is 8. The lowest BCUT2D eigenvalue weighted by Crippen LogP contribution is -2.36. The van der Waals surface area contributed by atoms with E-state index in [-0.39, 0.29) is 31.3 Å². The number of amides is 1. The molecule has 0 aromatic heterocycles. The van der Waals surface area contributed by atoms with Crippen LogP contribution in [-0.2, 0) is 4.79 Å². The second-order valence-electron chi connectivity index (χ2n) is 4.93. The molecule has 0 aliphatic heterocycles. The van der Waals surface area contributed by atoms with E-state index in [1.54, 1.807) is 0 Å². The van der Waals surface area contributed by atoms with Crippen LogP contribution < -0.4 is 11.1 Å². The molecule has 0 spiro atoms. The molecule has 0 fully saturated rings. The van der Waals surface area contributed by atoms with Crippen LogP contribution in [0.1, 0.15) is 39.5 Å². The zero-order chi connectivity index (χ0) is 14.2. The molecule has 0 heterocycles. The maximum Gasteiger partial charge on any atom is 0.389 e. The molecule has 0 saturated carbocycles. The number of halogens is 3. The van der Waals surface area contributed by atoms with Crippen molar-refractivity contribution >= 4 is 5.91 Å². The van der Waals surface area contributed by atoms with Gasteiger partial charge in [0, 0.05) is 19.5 Å². The quantitative estimate of drug-likeness (QED) is 0.664. The van der Waals surface area contributed by atoms with Gasteiger partial charge in [0.25, 0.3) is 0 Å². The zero-order valence-electron chi connectivity index (χ0n) is 11.0. The van der Waals surface area contributed by atoms with Crippen LogP contribution in [0.4, 0.5) is 13.2 Å². The van der Waals surface area contributed by atoms with Crippen molar-refractivity contribution < 1.29 is 18.0 Å². The number of nitrogens with one attached hydrogen (secondary N) is 1. The molecule has 3 nitrogen and oxygen atoms in total. The number of hydrogen-bond donors (Lipinski definition) is 2. The van der Waals surface area contributed by atoms with Crippen molar-refractivity contribution in [2.45, 2.75) is 45.7 Å². The van der Waals surface area contributed by atoms with Gasteiger partial charge in [0.15, 0.2) is 0 Å². The highest BCUT2D eigenvalue weighted by Gasteiger charge is 2.25. The van der Waals surface area contributed by atoms with Gasteiger partial charge in [0.2, 0.25) is 5.91 Å². The molecule has 0 bridgehead atoms. The van der Waals surface area contributed by atoms with Crippen molar-refractivity contribution in [3.8, 4) is 0 Å². The van der Waals surface area contributed by atoms with Gasteiger partial charge in [0.1, 0.15) is 0 Å². The topological polar surface area (TPSA) is 55.1 Å². The van der Waals surface area contributed by atoms with E-state index < -0.39 is 12.6 Å². The Hall–Kier alpha value is -0.780. The Bertz CT molecular complexity index is 242. The minimum Gasteiger partial charge on any atom is -0.356 e. The van der Waals surface area contributed by atoms with Crippen molar-refractivity contribution in [3.05, 3.63) is 0 Å². The van der Waals surface area contributed by atoms with Crippen LogP contribution in [0, 0.1) is 11.8 Å². The number of nitrogens with two attached hydrogens (primary N) is 1. The predicted molar refractivity (Wildman–Crippen MR) is 64.9 cm³/mol. The van der Waals surface area contributed by atoms with Crippen molar-refractivity contribution in [2.75, 3.05) is 13.1 Å². The van der Waals surface area contributed by atoms with Crippen LogP contribution in [0.2, 0.25) is 0 Å². The average Bonchev–Trinajstić information content (AvgIpc) is 2.23. The molecular formula is C12H23F3N2O. The number of carbonyl (C=O) groups excluding carboxylic acids is 1. The molecule has 1 unspecified atom stereocenters. The number of alkyl halides is 3. The highest BCUT2D eigenvalue weighted by Crippen LogP contribution is 2.21. The normalized spacial score (nSPS) is 13.7. The van der Waals surface area contributed by atoms with Crippen LogP contribution in [0.3, 0.4) is 0 Å². The third kappa shape index (κ3) is 9.27. The van der Waals surface area contributed by atoms with Crippen molar-refractivity contribution in [1.29, 1.82) is 0 Å². The number of carbonyl (C=O) groups is 1. The van der Waals surface area contributed by atoms with Gasteiger partial charge in [-0.3, -0.25) is 4.79 Å². The van der Waals surface area contributed by atoms with Gasteiger partial charge in [-0.25, -0.2) is 0 Å². The van der Waals surface area contributed by atoms with Crippen LogP contribution >= 0.6 is 0 Å². The van der Waals surface area contributed by atoms with Crippen LogP contribution in [0.5, 0.6) is 0 Å². The highest BCUT2D eigenvalue weighted by atomic mass is 19.4.